The smallest absolute Gasteiger partial charge is 0.0476 e. The topological polar surface area (TPSA) is 6.48 Å². The number of nitrogens with zero attached hydrogens (tertiary/aromatic N) is 2. The first-order valence-electron chi connectivity index (χ1n) is 15.2. The van der Waals surface area contributed by atoms with E-state index in [1.54, 1.807) is 0 Å². The van der Waals surface area contributed by atoms with Gasteiger partial charge in [-0.25, -0.2) is 0 Å². The fourth-order valence-electron chi connectivity index (χ4n) is 6.11. The quantitative estimate of drug-likeness (QED) is 0.181. The number of benzene rings is 7. The Morgan fingerprint density at radius 2 is 0.756 bits per heavy atom. The molecule has 2 nitrogen and oxygen atoms in total. The molecule has 0 aliphatic heterocycles. The van der Waals surface area contributed by atoms with Gasteiger partial charge in [0.2, 0.25) is 0 Å². The second-order valence-electron chi connectivity index (χ2n) is 11.1. The predicted octanol–water partition coefficient (Wildman–Crippen LogP) is 12.7. The lowest BCUT2D eigenvalue weighted by atomic mass is 10.0. The summed E-state index contributed by atoms with van der Waals surface area (Å²) in [5, 5.41) is 2.54. The van der Waals surface area contributed by atoms with Crippen molar-refractivity contribution in [2.45, 2.75) is 0 Å². The molecule has 3 heteroatoms. The van der Waals surface area contributed by atoms with E-state index >= 15 is 0 Å². The number of anilines is 6. The normalized spacial score (nSPS) is 11.1. The van der Waals surface area contributed by atoms with Gasteiger partial charge in [0.25, 0.3) is 0 Å². The lowest BCUT2D eigenvalue weighted by molar-refractivity contribution is 1.29. The molecule has 1 heterocycles. The molecule has 0 atom stereocenters. The van der Waals surface area contributed by atoms with E-state index in [1.807, 2.05) is 11.3 Å². The molecule has 0 aliphatic rings. The molecule has 214 valence electrons. The van der Waals surface area contributed by atoms with Gasteiger partial charge in [0.05, 0.1) is 0 Å². The first kappa shape index (κ1) is 26.9. The number of thiophene rings is 1. The van der Waals surface area contributed by atoms with Gasteiger partial charge < -0.3 is 9.80 Å². The molecule has 0 radical (unpaired) electrons. The summed E-state index contributed by atoms with van der Waals surface area (Å²) in [5.41, 5.74) is 9.24. The number of hydrogen-bond acceptors (Lipinski definition) is 3. The molecule has 0 fully saturated rings. The Morgan fingerprint density at radius 1 is 0.289 bits per heavy atom. The Kier molecular flexibility index (Phi) is 7.07. The highest BCUT2D eigenvalue weighted by molar-refractivity contribution is 7.25. The van der Waals surface area contributed by atoms with Crippen LogP contribution in [0, 0.1) is 0 Å². The summed E-state index contributed by atoms with van der Waals surface area (Å²) in [4.78, 5) is 4.68. The van der Waals surface area contributed by atoms with Crippen molar-refractivity contribution in [1.29, 1.82) is 0 Å². The van der Waals surface area contributed by atoms with E-state index in [2.05, 4.69) is 192 Å². The van der Waals surface area contributed by atoms with Crippen LogP contribution in [0.3, 0.4) is 0 Å². The average molecular weight is 595 g/mol. The fraction of sp³-hybridized carbons (Fsp3) is 0. The molecule has 8 aromatic rings. The van der Waals surface area contributed by atoms with Crippen LogP contribution in [0.5, 0.6) is 0 Å². The second-order valence-corrected chi connectivity index (χ2v) is 12.1. The fourth-order valence-corrected chi connectivity index (χ4v) is 7.23. The highest BCUT2D eigenvalue weighted by Gasteiger charge is 2.17. The maximum atomic E-state index is 2.36. The van der Waals surface area contributed by atoms with Gasteiger partial charge in [-0.2, -0.15) is 0 Å². The summed E-state index contributed by atoms with van der Waals surface area (Å²) in [5.74, 6) is 0. The molecule has 0 amide bonds. The minimum Gasteiger partial charge on any atom is -0.310 e. The maximum Gasteiger partial charge on any atom is 0.0476 e. The molecule has 0 saturated carbocycles. The van der Waals surface area contributed by atoms with Crippen molar-refractivity contribution in [2.75, 3.05) is 9.80 Å². The van der Waals surface area contributed by atoms with Crippen LogP contribution in [0.15, 0.2) is 182 Å². The molecule has 0 aliphatic carbocycles. The number of hydrogen-bond donors (Lipinski definition) is 0. The Hall–Kier alpha value is -5.64. The van der Waals surface area contributed by atoms with E-state index in [0.29, 0.717) is 0 Å². The zero-order valence-corrected chi connectivity index (χ0v) is 25.4. The van der Waals surface area contributed by atoms with Gasteiger partial charge in [0, 0.05) is 54.3 Å². The van der Waals surface area contributed by atoms with Gasteiger partial charge in [0.1, 0.15) is 0 Å². The Labute approximate surface area is 267 Å². The highest BCUT2D eigenvalue weighted by atomic mass is 32.1. The third kappa shape index (κ3) is 5.24. The predicted molar refractivity (Wildman–Crippen MR) is 194 cm³/mol. The van der Waals surface area contributed by atoms with Crippen LogP contribution >= 0.6 is 11.3 Å². The van der Waals surface area contributed by atoms with Crippen LogP contribution in [0.1, 0.15) is 0 Å². The van der Waals surface area contributed by atoms with Crippen LogP contribution < -0.4 is 9.80 Å². The van der Waals surface area contributed by atoms with Gasteiger partial charge in [-0.05, 0) is 90.0 Å². The van der Waals surface area contributed by atoms with Gasteiger partial charge in [0.15, 0.2) is 0 Å². The molecule has 7 aromatic carbocycles. The number of rotatable bonds is 7. The van der Waals surface area contributed by atoms with Crippen molar-refractivity contribution < 1.29 is 0 Å². The first-order chi connectivity index (χ1) is 22.3. The largest absolute Gasteiger partial charge is 0.310 e. The standard InChI is InChI=1S/C42H30N2S/c1-5-14-31(15-6-1)32-16-13-23-36(28-32)44(35-21-11-4-12-22-35)38-24-26-39-40-29-37(25-27-41(40)45-42(39)30-38)43(33-17-7-2-8-18-33)34-19-9-3-10-20-34/h1-30H. The summed E-state index contributed by atoms with van der Waals surface area (Å²) in [6, 6.07) is 65.0. The summed E-state index contributed by atoms with van der Waals surface area (Å²) in [6.45, 7) is 0. The summed E-state index contributed by atoms with van der Waals surface area (Å²) < 4.78 is 2.55. The highest BCUT2D eigenvalue weighted by Crippen LogP contribution is 2.43. The molecular weight excluding hydrogens is 565 g/mol. The molecule has 0 N–H and O–H groups in total. The molecule has 0 unspecified atom stereocenters. The lowest BCUT2D eigenvalue weighted by Crippen LogP contribution is -2.09. The molecule has 8 rings (SSSR count). The van der Waals surface area contributed by atoms with E-state index in [9.17, 15) is 0 Å². The molecule has 0 spiro atoms. The van der Waals surface area contributed by atoms with E-state index in [1.165, 1.54) is 31.3 Å². The van der Waals surface area contributed by atoms with E-state index < -0.39 is 0 Å². The lowest BCUT2D eigenvalue weighted by Gasteiger charge is -2.26. The van der Waals surface area contributed by atoms with Crippen molar-refractivity contribution in [3.63, 3.8) is 0 Å². The third-order valence-corrected chi connectivity index (χ3v) is 9.34. The van der Waals surface area contributed by atoms with Crippen LogP contribution in [-0.2, 0) is 0 Å². The number of fused-ring (bicyclic) bond motifs is 3. The summed E-state index contributed by atoms with van der Waals surface area (Å²) in [7, 11) is 0. The van der Waals surface area contributed by atoms with Crippen LogP contribution in [0.4, 0.5) is 34.1 Å². The van der Waals surface area contributed by atoms with Gasteiger partial charge in [-0.3, -0.25) is 0 Å². The minimum atomic E-state index is 1.13. The van der Waals surface area contributed by atoms with Crippen LogP contribution in [0.2, 0.25) is 0 Å². The van der Waals surface area contributed by atoms with Gasteiger partial charge in [-0.15, -0.1) is 11.3 Å². The zero-order valence-electron chi connectivity index (χ0n) is 24.6. The average Bonchev–Trinajstić information content (AvgIpc) is 3.48. The first-order valence-corrected chi connectivity index (χ1v) is 16.0. The Morgan fingerprint density at radius 3 is 1.38 bits per heavy atom. The van der Waals surface area contributed by atoms with E-state index in [4.69, 9.17) is 0 Å². The van der Waals surface area contributed by atoms with Crippen molar-refractivity contribution in [3.05, 3.63) is 182 Å². The maximum absolute atomic E-state index is 2.36. The van der Waals surface area contributed by atoms with Gasteiger partial charge in [-0.1, -0.05) is 103 Å². The van der Waals surface area contributed by atoms with E-state index in [-0.39, 0.29) is 0 Å². The number of para-hydroxylation sites is 3. The van der Waals surface area contributed by atoms with Gasteiger partial charge >= 0.3 is 0 Å². The molecular formula is C42H30N2S. The van der Waals surface area contributed by atoms with Crippen molar-refractivity contribution in [2.24, 2.45) is 0 Å². The van der Waals surface area contributed by atoms with Crippen LogP contribution in [0.25, 0.3) is 31.3 Å². The van der Waals surface area contributed by atoms with Crippen molar-refractivity contribution >= 4 is 65.6 Å². The zero-order chi connectivity index (χ0) is 30.0. The third-order valence-electron chi connectivity index (χ3n) is 8.21. The van der Waals surface area contributed by atoms with Crippen LogP contribution in [-0.4, -0.2) is 0 Å². The molecule has 1 aromatic heterocycles. The summed E-state index contributed by atoms with van der Waals surface area (Å²) in [6.07, 6.45) is 0. The Bertz CT molecular complexity index is 2170. The second kappa shape index (κ2) is 11.8. The monoisotopic (exact) mass is 594 g/mol. The minimum absolute atomic E-state index is 1.13. The van der Waals surface area contributed by atoms with Crippen molar-refractivity contribution in [3.8, 4) is 11.1 Å². The Balaban J connectivity index is 1.24. The molecule has 0 saturated heterocycles. The molecule has 45 heavy (non-hydrogen) atoms. The van der Waals surface area contributed by atoms with Crippen molar-refractivity contribution in [1.82, 2.24) is 0 Å². The van der Waals surface area contributed by atoms with E-state index in [0.717, 1.165) is 34.1 Å². The summed E-state index contributed by atoms with van der Waals surface area (Å²) >= 11 is 1.85. The SMILES string of the molecule is c1ccc(-c2cccc(N(c3ccccc3)c3ccc4c(c3)sc3ccc(N(c5ccccc5)c5ccccc5)cc34)c2)cc1. The molecule has 0 bridgehead atoms.